The summed E-state index contributed by atoms with van der Waals surface area (Å²) in [4.78, 5) is 17.1. The van der Waals surface area contributed by atoms with Crippen molar-refractivity contribution in [3.63, 3.8) is 0 Å². The number of anilines is 1. The number of thiocarbonyl (C=S) groups is 1. The van der Waals surface area contributed by atoms with Crippen LogP contribution in [0.2, 0.25) is 0 Å². The number of oxazole rings is 1. The highest BCUT2D eigenvalue weighted by atomic mass is 32.1. The summed E-state index contributed by atoms with van der Waals surface area (Å²) in [6.45, 7) is 2.97. The molecule has 0 atom stereocenters. The van der Waals surface area contributed by atoms with E-state index in [4.69, 9.17) is 26.1 Å². The second kappa shape index (κ2) is 8.32. The molecule has 0 bridgehead atoms. The van der Waals surface area contributed by atoms with Crippen molar-refractivity contribution in [1.82, 2.24) is 10.3 Å². The van der Waals surface area contributed by atoms with Gasteiger partial charge in [-0.15, -0.1) is 0 Å². The molecule has 160 valence electrons. The lowest BCUT2D eigenvalue weighted by Crippen LogP contribution is -2.34. The van der Waals surface area contributed by atoms with E-state index in [1.165, 1.54) is 0 Å². The van der Waals surface area contributed by atoms with Gasteiger partial charge in [0.15, 0.2) is 22.2 Å². The minimum atomic E-state index is -0.344. The number of rotatable bonds is 3. The van der Waals surface area contributed by atoms with Gasteiger partial charge in [-0.2, -0.15) is 0 Å². The number of fused-ring (bicyclic) bond motifs is 2. The summed E-state index contributed by atoms with van der Waals surface area (Å²) in [5.74, 6) is 1.38. The molecule has 0 fully saturated rings. The third kappa shape index (κ3) is 4.13. The molecule has 4 aromatic rings. The number of aryl methyl sites for hydroxylation is 1. The van der Waals surface area contributed by atoms with Crippen LogP contribution in [0.1, 0.15) is 15.9 Å². The molecule has 5 rings (SSSR count). The second-order valence-corrected chi connectivity index (χ2v) is 7.75. The maximum absolute atomic E-state index is 12.6. The highest BCUT2D eigenvalue weighted by Crippen LogP contribution is 2.31. The Hall–Kier alpha value is -3.91. The zero-order chi connectivity index (χ0) is 22.1. The molecule has 0 spiro atoms. The lowest BCUT2D eigenvalue weighted by atomic mass is 10.1. The number of amides is 1. The highest BCUT2D eigenvalue weighted by Gasteiger charge is 2.16. The van der Waals surface area contributed by atoms with E-state index in [2.05, 4.69) is 15.6 Å². The summed E-state index contributed by atoms with van der Waals surface area (Å²) < 4.78 is 16.9. The van der Waals surface area contributed by atoms with Crippen LogP contribution in [-0.4, -0.2) is 29.2 Å². The maximum Gasteiger partial charge on any atom is 0.257 e. The van der Waals surface area contributed by atoms with Crippen LogP contribution in [0.5, 0.6) is 11.5 Å². The molecule has 8 heteroatoms. The molecule has 1 aromatic heterocycles. The molecule has 1 aliphatic heterocycles. The van der Waals surface area contributed by atoms with Crippen molar-refractivity contribution in [2.45, 2.75) is 6.92 Å². The average molecular weight is 446 g/mol. The normalized spacial score (nSPS) is 12.4. The van der Waals surface area contributed by atoms with Crippen LogP contribution in [0, 0.1) is 6.92 Å². The number of ether oxygens (including phenoxy) is 2. The molecule has 2 heterocycles. The van der Waals surface area contributed by atoms with Crippen molar-refractivity contribution in [2.24, 2.45) is 0 Å². The van der Waals surface area contributed by atoms with Gasteiger partial charge in [-0.25, -0.2) is 4.98 Å². The first-order valence-corrected chi connectivity index (χ1v) is 10.5. The molecule has 1 aliphatic rings. The summed E-state index contributed by atoms with van der Waals surface area (Å²) >= 11 is 5.31. The predicted molar refractivity (Wildman–Crippen MR) is 125 cm³/mol. The van der Waals surface area contributed by atoms with E-state index in [1.54, 1.807) is 18.2 Å². The minimum absolute atomic E-state index is 0.173. The zero-order valence-corrected chi connectivity index (χ0v) is 18.0. The number of aromatic nitrogens is 1. The lowest BCUT2D eigenvalue weighted by Gasteiger charge is -2.18. The number of nitrogens with zero attached hydrogens (tertiary/aromatic N) is 1. The molecule has 0 unspecified atom stereocenters. The molecule has 3 aromatic carbocycles. The fourth-order valence-corrected chi connectivity index (χ4v) is 3.64. The summed E-state index contributed by atoms with van der Waals surface area (Å²) in [6.07, 6.45) is 0. The number of hydrogen-bond donors (Lipinski definition) is 2. The largest absolute Gasteiger partial charge is 0.486 e. The van der Waals surface area contributed by atoms with Gasteiger partial charge < -0.3 is 19.2 Å². The number of benzene rings is 3. The van der Waals surface area contributed by atoms with Gasteiger partial charge in [0.1, 0.15) is 18.7 Å². The summed E-state index contributed by atoms with van der Waals surface area (Å²) in [5.41, 5.74) is 4.51. The van der Waals surface area contributed by atoms with Crippen LogP contribution in [-0.2, 0) is 0 Å². The fraction of sp³-hybridized carbons (Fsp3) is 0.125. The lowest BCUT2D eigenvalue weighted by molar-refractivity contribution is 0.0976. The summed E-state index contributed by atoms with van der Waals surface area (Å²) in [6, 6.07) is 18.4. The van der Waals surface area contributed by atoms with Crippen molar-refractivity contribution >= 4 is 40.0 Å². The minimum Gasteiger partial charge on any atom is -0.486 e. The first-order valence-electron chi connectivity index (χ1n) is 10.0. The average Bonchev–Trinajstić information content (AvgIpc) is 3.22. The quantitative estimate of drug-likeness (QED) is 0.442. The van der Waals surface area contributed by atoms with Gasteiger partial charge in [0.05, 0.1) is 0 Å². The third-order valence-electron chi connectivity index (χ3n) is 4.94. The molecule has 7 nitrogen and oxygen atoms in total. The Labute approximate surface area is 189 Å². The van der Waals surface area contributed by atoms with Crippen molar-refractivity contribution in [1.29, 1.82) is 0 Å². The van der Waals surface area contributed by atoms with Crippen molar-refractivity contribution in [3.05, 3.63) is 71.8 Å². The van der Waals surface area contributed by atoms with Gasteiger partial charge in [0, 0.05) is 16.8 Å². The smallest absolute Gasteiger partial charge is 0.257 e. The van der Waals surface area contributed by atoms with Crippen LogP contribution >= 0.6 is 12.2 Å². The Morgan fingerprint density at radius 2 is 1.84 bits per heavy atom. The Kier molecular flexibility index (Phi) is 5.20. The molecule has 32 heavy (non-hydrogen) atoms. The Morgan fingerprint density at radius 3 is 2.69 bits per heavy atom. The van der Waals surface area contributed by atoms with E-state index in [0.717, 1.165) is 11.1 Å². The molecule has 0 saturated heterocycles. The van der Waals surface area contributed by atoms with Crippen molar-refractivity contribution in [3.8, 4) is 23.0 Å². The molecular weight excluding hydrogens is 426 g/mol. The van der Waals surface area contributed by atoms with Crippen molar-refractivity contribution < 1.29 is 18.7 Å². The van der Waals surface area contributed by atoms with Crippen LogP contribution < -0.4 is 20.1 Å². The Bertz CT molecular complexity index is 1350. The highest BCUT2D eigenvalue weighted by molar-refractivity contribution is 7.80. The summed E-state index contributed by atoms with van der Waals surface area (Å²) in [7, 11) is 0. The van der Waals surface area contributed by atoms with E-state index in [9.17, 15) is 4.79 Å². The van der Waals surface area contributed by atoms with Crippen LogP contribution in [0.4, 0.5) is 5.69 Å². The van der Waals surface area contributed by atoms with Crippen LogP contribution in [0.15, 0.2) is 65.1 Å². The first kappa shape index (κ1) is 20.0. The standard InChI is InChI=1S/C24H19N3O4S/c1-14-3-2-4-16(11-14)23-26-18-13-17(6-8-19(18)31-23)25-24(32)27-22(28)15-5-7-20-21(12-15)30-10-9-29-20/h2-8,11-13H,9-10H2,1H3,(H2,25,27,28,32). The molecule has 2 N–H and O–H groups in total. The maximum atomic E-state index is 12.6. The van der Waals surface area contributed by atoms with Gasteiger partial charge in [0.25, 0.3) is 5.91 Å². The molecular formula is C24H19N3O4S. The molecule has 1 amide bonds. The molecule has 0 saturated carbocycles. The fourth-order valence-electron chi connectivity index (χ4n) is 3.43. The predicted octanol–water partition coefficient (Wildman–Crippen LogP) is 4.70. The Morgan fingerprint density at radius 1 is 1.00 bits per heavy atom. The first-order chi connectivity index (χ1) is 15.5. The van der Waals surface area contributed by atoms with Gasteiger partial charge in [0.2, 0.25) is 5.89 Å². The number of carbonyl (C=O) groups is 1. The van der Waals surface area contributed by atoms with Crippen LogP contribution in [0.25, 0.3) is 22.6 Å². The second-order valence-electron chi connectivity index (χ2n) is 7.34. The van der Waals surface area contributed by atoms with E-state index >= 15 is 0 Å². The van der Waals surface area contributed by atoms with Gasteiger partial charge >= 0.3 is 0 Å². The topological polar surface area (TPSA) is 85.6 Å². The molecule has 0 radical (unpaired) electrons. The third-order valence-corrected chi connectivity index (χ3v) is 5.15. The van der Waals surface area contributed by atoms with Gasteiger partial charge in [-0.05, 0) is 67.7 Å². The van der Waals surface area contributed by atoms with E-state index in [0.29, 0.717) is 53.0 Å². The monoisotopic (exact) mass is 445 g/mol. The van der Waals surface area contributed by atoms with Gasteiger partial charge in [-0.3, -0.25) is 10.1 Å². The number of hydrogen-bond acceptors (Lipinski definition) is 6. The Balaban J connectivity index is 1.28. The number of carbonyl (C=O) groups excluding carboxylic acids is 1. The van der Waals surface area contributed by atoms with E-state index in [-0.39, 0.29) is 11.0 Å². The van der Waals surface area contributed by atoms with Gasteiger partial charge in [-0.1, -0.05) is 17.7 Å². The zero-order valence-electron chi connectivity index (χ0n) is 17.2. The van der Waals surface area contributed by atoms with Crippen LogP contribution in [0.3, 0.4) is 0 Å². The number of nitrogens with one attached hydrogen (secondary N) is 2. The molecule has 0 aliphatic carbocycles. The summed E-state index contributed by atoms with van der Waals surface area (Å²) in [5, 5.41) is 5.87. The SMILES string of the molecule is Cc1cccc(-c2nc3cc(NC(=S)NC(=O)c4ccc5c(c4)OCCO5)ccc3o2)c1. The van der Waals surface area contributed by atoms with Crippen molar-refractivity contribution in [2.75, 3.05) is 18.5 Å². The van der Waals surface area contributed by atoms with E-state index < -0.39 is 0 Å². The van der Waals surface area contributed by atoms with E-state index in [1.807, 2.05) is 49.4 Å².